The Morgan fingerprint density at radius 2 is 1.57 bits per heavy atom. The van der Waals surface area contributed by atoms with Crippen LogP contribution in [0.1, 0.15) is 52.4 Å². The lowest BCUT2D eigenvalue weighted by molar-refractivity contribution is 0.385. The van der Waals surface area contributed by atoms with Crippen molar-refractivity contribution in [1.29, 1.82) is 0 Å². The molecule has 3 nitrogen and oxygen atoms in total. The van der Waals surface area contributed by atoms with E-state index in [1.807, 2.05) is 0 Å². The van der Waals surface area contributed by atoms with E-state index in [1.54, 1.807) is 0 Å². The average Bonchev–Trinajstić information content (AvgIpc) is 2.07. The van der Waals surface area contributed by atoms with Crippen molar-refractivity contribution in [3.63, 3.8) is 0 Å². The fourth-order valence-corrected chi connectivity index (χ4v) is 2.03. The maximum atomic E-state index is 10.8. The standard InChI is InChI=1S/C10H21O3P/c1-3-5-7-10(8-6-4-2)9-14(11,12)13/h9H,3-8H2,1-2H3,(H2,11,12,13). The summed E-state index contributed by atoms with van der Waals surface area (Å²) in [6.07, 6.45) is 5.78. The molecule has 0 aromatic heterocycles. The van der Waals surface area contributed by atoms with Crippen molar-refractivity contribution in [1.82, 2.24) is 0 Å². The van der Waals surface area contributed by atoms with E-state index in [1.165, 1.54) is 0 Å². The molecule has 0 bridgehead atoms. The van der Waals surface area contributed by atoms with Crippen LogP contribution in [0.5, 0.6) is 0 Å². The molecule has 0 aromatic carbocycles. The molecule has 0 spiro atoms. The fraction of sp³-hybridized carbons (Fsp3) is 0.800. The molecule has 2 N–H and O–H groups in total. The van der Waals surface area contributed by atoms with E-state index in [0.717, 1.165) is 49.9 Å². The molecule has 0 unspecified atom stereocenters. The van der Waals surface area contributed by atoms with Crippen LogP contribution in [0.25, 0.3) is 0 Å². The van der Waals surface area contributed by atoms with Crippen molar-refractivity contribution in [2.45, 2.75) is 52.4 Å². The van der Waals surface area contributed by atoms with Gasteiger partial charge >= 0.3 is 7.60 Å². The summed E-state index contributed by atoms with van der Waals surface area (Å²) in [5.74, 6) is 1.15. The van der Waals surface area contributed by atoms with Gasteiger partial charge in [-0.05, 0) is 25.7 Å². The van der Waals surface area contributed by atoms with Crippen molar-refractivity contribution in [3.8, 4) is 0 Å². The van der Waals surface area contributed by atoms with Crippen LogP contribution in [0.3, 0.4) is 0 Å². The van der Waals surface area contributed by atoms with E-state index in [9.17, 15) is 4.57 Å². The number of allylic oxidation sites excluding steroid dienone is 1. The third-order valence-electron chi connectivity index (χ3n) is 2.05. The molecule has 0 fully saturated rings. The molecule has 4 heteroatoms. The van der Waals surface area contributed by atoms with Crippen molar-refractivity contribution in [3.05, 3.63) is 11.4 Å². The highest BCUT2D eigenvalue weighted by atomic mass is 31.2. The molecule has 14 heavy (non-hydrogen) atoms. The van der Waals surface area contributed by atoms with Gasteiger partial charge in [0.1, 0.15) is 0 Å². The van der Waals surface area contributed by atoms with Crippen LogP contribution in [-0.2, 0) is 4.57 Å². The second-order valence-electron chi connectivity index (χ2n) is 3.58. The molecule has 0 rings (SSSR count). The minimum Gasteiger partial charge on any atom is -0.321 e. The molecule has 0 aliphatic heterocycles. The van der Waals surface area contributed by atoms with Gasteiger partial charge in [0.15, 0.2) is 0 Å². The zero-order valence-electron chi connectivity index (χ0n) is 9.07. The first-order valence-corrected chi connectivity index (χ1v) is 6.93. The highest BCUT2D eigenvalue weighted by Crippen LogP contribution is 2.39. The van der Waals surface area contributed by atoms with Gasteiger partial charge in [-0.15, -0.1) is 0 Å². The van der Waals surface area contributed by atoms with E-state index in [0.29, 0.717) is 0 Å². The normalized spacial score (nSPS) is 11.4. The van der Waals surface area contributed by atoms with E-state index in [-0.39, 0.29) is 0 Å². The highest BCUT2D eigenvalue weighted by Gasteiger charge is 2.10. The Morgan fingerprint density at radius 1 is 1.14 bits per heavy atom. The summed E-state index contributed by atoms with van der Waals surface area (Å²) < 4.78 is 10.8. The summed E-state index contributed by atoms with van der Waals surface area (Å²) in [5.41, 5.74) is 0.919. The van der Waals surface area contributed by atoms with E-state index >= 15 is 0 Å². The van der Waals surface area contributed by atoms with Gasteiger partial charge in [0.05, 0.1) is 0 Å². The molecule has 0 heterocycles. The van der Waals surface area contributed by atoms with Crippen molar-refractivity contribution < 1.29 is 14.4 Å². The van der Waals surface area contributed by atoms with Gasteiger partial charge in [-0.1, -0.05) is 32.3 Å². The Kier molecular flexibility index (Phi) is 7.16. The maximum absolute atomic E-state index is 10.8. The summed E-state index contributed by atoms with van der Waals surface area (Å²) in [6, 6.07) is 0. The smallest absolute Gasteiger partial charge is 0.321 e. The highest BCUT2D eigenvalue weighted by molar-refractivity contribution is 7.55. The van der Waals surface area contributed by atoms with Crippen LogP contribution < -0.4 is 0 Å². The van der Waals surface area contributed by atoms with Crippen LogP contribution in [0, 0.1) is 0 Å². The van der Waals surface area contributed by atoms with Gasteiger partial charge in [0, 0.05) is 5.82 Å². The van der Waals surface area contributed by atoms with Gasteiger partial charge in [-0.25, -0.2) is 0 Å². The van der Waals surface area contributed by atoms with Crippen LogP contribution in [-0.4, -0.2) is 9.79 Å². The molecule has 0 aliphatic rings. The number of hydrogen-bond donors (Lipinski definition) is 2. The van der Waals surface area contributed by atoms with Crippen molar-refractivity contribution >= 4 is 7.60 Å². The zero-order valence-corrected chi connectivity index (χ0v) is 9.96. The van der Waals surface area contributed by atoms with Crippen LogP contribution in [0.4, 0.5) is 0 Å². The minimum absolute atomic E-state index is 0.821. The third-order valence-corrected chi connectivity index (χ3v) is 2.76. The Morgan fingerprint density at radius 3 is 1.86 bits per heavy atom. The Bertz CT molecular complexity index is 207. The number of rotatable bonds is 7. The molecular weight excluding hydrogens is 199 g/mol. The fourth-order valence-electron chi connectivity index (χ4n) is 1.30. The number of unbranched alkanes of at least 4 members (excludes halogenated alkanes) is 2. The zero-order chi connectivity index (χ0) is 11.0. The Balaban J connectivity index is 4.23. The van der Waals surface area contributed by atoms with Gasteiger partial charge in [-0.2, -0.15) is 0 Å². The molecule has 0 aliphatic carbocycles. The lowest BCUT2D eigenvalue weighted by Gasteiger charge is -2.06. The molecule has 0 saturated heterocycles. The average molecular weight is 220 g/mol. The van der Waals surface area contributed by atoms with Gasteiger partial charge in [-0.3, -0.25) is 4.57 Å². The first-order chi connectivity index (χ1) is 6.49. The first-order valence-electron chi connectivity index (χ1n) is 5.25. The maximum Gasteiger partial charge on any atom is 0.349 e. The summed E-state index contributed by atoms with van der Waals surface area (Å²) >= 11 is 0. The van der Waals surface area contributed by atoms with E-state index < -0.39 is 7.60 Å². The topological polar surface area (TPSA) is 57.5 Å². The molecule has 84 valence electrons. The van der Waals surface area contributed by atoms with E-state index in [2.05, 4.69) is 13.8 Å². The summed E-state index contributed by atoms with van der Waals surface area (Å²) in [5, 5.41) is 0. The van der Waals surface area contributed by atoms with Crippen LogP contribution >= 0.6 is 7.60 Å². The van der Waals surface area contributed by atoms with Crippen molar-refractivity contribution in [2.24, 2.45) is 0 Å². The minimum atomic E-state index is -3.96. The largest absolute Gasteiger partial charge is 0.349 e. The van der Waals surface area contributed by atoms with Crippen LogP contribution in [0.2, 0.25) is 0 Å². The van der Waals surface area contributed by atoms with Gasteiger partial charge < -0.3 is 9.79 Å². The molecule has 0 radical (unpaired) electrons. The summed E-state index contributed by atoms with van der Waals surface area (Å²) in [4.78, 5) is 17.6. The second-order valence-corrected chi connectivity index (χ2v) is 5.02. The predicted molar refractivity (Wildman–Crippen MR) is 59.2 cm³/mol. The quantitative estimate of drug-likeness (QED) is 0.646. The monoisotopic (exact) mass is 220 g/mol. The summed E-state index contributed by atoms with van der Waals surface area (Å²) in [6.45, 7) is 4.16. The third kappa shape index (κ3) is 8.49. The first kappa shape index (κ1) is 13.9. The number of hydrogen-bond acceptors (Lipinski definition) is 1. The van der Waals surface area contributed by atoms with Gasteiger partial charge in [0.2, 0.25) is 0 Å². The summed E-state index contributed by atoms with van der Waals surface area (Å²) in [7, 11) is -3.96. The van der Waals surface area contributed by atoms with E-state index in [4.69, 9.17) is 9.79 Å². The molecule has 0 saturated carbocycles. The molecule has 0 amide bonds. The van der Waals surface area contributed by atoms with Crippen LogP contribution in [0.15, 0.2) is 11.4 Å². The Hall–Kier alpha value is -0.110. The lowest BCUT2D eigenvalue weighted by Crippen LogP contribution is -1.86. The predicted octanol–water partition coefficient (Wildman–Crippen LogP) is 3.43. The van der Waals surface area contributed by atoms with Crippen molar-refractivity contribution in [2.75, 3.05) is 0 Å². The molecule has 0 atom stereocenters. The molecular formula is C10H21O3P. The van der Waals surface area contributed by atoms with Gasteiger partial charge in [0.25, 0.3) is 0 Å². The molecule has 0 aromatic rings. The lowest BCUT2D eigenvalue weighted by atomic mass is 10.1. The SMILES string of the molecule is CCCCC(=CP(=O)(O)O)CCCC. The Labute approximate surface area is 86.4 Å². The second kappa shape index (κ2) is 7.22.